The van der Waals surface area contributed by atoms with Crippen LogP contribution in [0.15, 0.2) is 25.0 Å². The van der Waals surface area contributed by atoms with Crippen LogP contribution in [0.1, 0.15) is 252 Å². The van der Waals surface area contributed by atoms with E-state index < -0.39 is 217 Å². The first-order valence-electron chi connectivity index (χ1n) is 46.0. The smallest absolute Gasteiger partial charge is 0.245 e. The van der Waals surface area contributed by atoms with Crippen LogP contribution in [-0.2, 0) is 89.6 Å². The number of amides is 16. The van der Waals surface area contributed by atoms with Crippen LogP contribution < -0.4 is 120 Å². The molecular formula is C85H153N27O19. The summed E-state index contributed by atoms with van der Waals surface area (Å²) in [6.07, 6.45) is 17.6. The number of unbranched alkanes of at least 4 members (excludes halogenated alkanes) is 16. The standard InChI is InChI=1S/C85H153N27O19/c1-7-8-9-10-11-12-13-14-15-16-17-18-19-34-68(117)101-64(43-55-45-94-49-98-55)82(129)110-66(48-113)83(130)103-57(29-20-24-37-86)74(121)97-47-69(118)102-65(44-56-46-95-50-99-56)81(128)108-62(35-36-67(90)116)78(125)105-59(31-22-26-39-88)76(123)106-61(33-28-41-96-85(92)93)77(124)104-58(30-21-25-38-87)75(122)100-52(4)73(120)109-63(42-51(2)3)80(127)107-60(32-23-27-40-89)79(126)112-71(54(6)115)84(131)111-70(53(5)114)72(91)119/h45-46,49-54,57-66,70-71,113-115H,7-44,47-48,86-89H2,1-6H3,(H2,90,116)(H2,91,119)(H,94,98)(H,95,99)(H,97,121)(H,100,122)(H,101,117)(H,102,118)(H,103,130)(H,104,124)(H,105,125)(H,106,123)(H,107,127)(H,108,128)(H,109,120)(H,110,129)(H,111,131)(H,112,126)(H4,92,93,96)/t52-,53+,54+,57-,58-,59-,60-,61-,62-,63-,64-,65-,66-,70-,71-/m0/s1. The number of nitrogens with zero attached hydrogens (tertiary/aromatic N) is 2. The van der Waals surface area contributed by atoms with Crippen molar-refractivity contribution < 1.29 is 92.0 Å². The Kier molecular flexibility index (Phi) is 59.5. The first kappa shape index (κ1) is 116. The van der Waals surface area contributed by atoms with Gasteiger partial charge in [0.1, 0.15) is 78.5 Å². The number of aromatic nitrogens is 4. The highest BCUT2D eigenvalue weighted by Crippen LogP contribution is 2.17. The van der Waals surface area contributed by atoms with Crippen LogP contribution in [0.5, 0.6) is 0 Å². The number of aliphatic hydroxyl groups is 3. The Morgan fingerprint density at radius 1 is 0.366 bits per heavy atom. The lowest BCUT2D eigenvalue weighted by Crippen LogP contribution is -2.62. The molecule has 0 saturated carbocycles. The fourth-order valence-electron chi connectivity index (χ4n) is 14.0. The third-order valence-corrected chi connectivity index (χ3v) is 21.5. The number of primary amides is 2. The molecule has 0 bridgehead atoms. The van der Waals surface area contributed by atoms with Crippen molar-refractivity contribution in [2.75, 3.05) is 45.9 Å². The molecule has 0 aliphatic heterocycles. The van der Waals surface area contributed by atoms with Crippen LogP contribution in [0, 0.1) is 11.3 Å². The van der Waals surface area contributed by atoms with Gasteiger partial charge in [-0.3, -0.25) is 82.1 Å². The van der Waals surface area contributed by atoms with E-state index in [-0.39, 0.29) is 134 Å². The topological polar surface area (TPSA) is 778 Å². The van der Waals surface area contributed by atoms with E-state index in [1.54, 1.807) is 13.8 Å². The summed E-state index contributed by atoms with van der Waals surface area (Å²) in [5, 5.41) is 77.0. The first-order valence-corrected chi connectivity index (χ1v) is 46.0. The maximum Gasteiger partial charge on any atom is 0.245 e. The summed E-state index contributed by atoms with van der Waals surface area (Å²) in [7, 11) is 0. The lowest BCUT2D eigenvalue weighted by atomic mass is 10.0. The fourth-order valence-corrected chi connectivity index (χ4v) is 14.0. The zero-order valence-electron chi connectivity index (χ0n) is 77.1. The minimum absolute atomic E-state index is 0.00605. The number of hydrogen-bond donors (Lipinski definition) is 28. The molecule has 35 N–H and O–H groups in total. The van der Waals surface area contributed by atoms with Crippen molar-refractivity contribution in [3.63, 3.8) is 0 Å². The molecule has 0 spiro atoms. The molecule has 2 rings (SSSR count). The van der Waals surface area contributed by atoms with E-state index in [0.717, 1.165) is 25.7 Å². The molecule has 131 heavy (non-hydrogen) atoms. The minimum Gasteiger partial charge on any atom is -0.394 e. The van der Waals surface area contributed by atoms with Crippen molar-refractivity contribution in [2.45, 2.75) is 344 Å². The summed E-state index contributed by atoms with van der Waals surface area (Å²) in [5.41, 5.74) is 40.5. The molecule has 46 heteroatoms. The van der Waals surface area contributed by atoms with E-state index in [9.17, 15) is 92.0 Å². The molecule has 0 aliphatic carbocycles. The highest BCUT2D eigenvalue weighted by Gasteiger charge is 2.39. The van der Waals surface area contributed by atoms with E-state index >= 15 is 0 Å². The van der Waals surface area contributed by atoms with Gasteiger partial charge in [0.2, 0.25) is 94.5 Å². The van der Waals surface area contributed by atoms with Crippen molar-refractivity contribution in [2.24, 2.45) is 46.1 Å². The number of carbonyl (C=O) groups excluding carboxylic acids is 16. The van der Waals surface area contributed by atoms with E-state index in [1.807, 2.05) is 0 Å². The summed E-state index contributed by atoms with van der Waals surface area (Å²) < 4.78 is 0. The van der Waals surface area contributed by atoms with Gasteiger partial charge in [-0.05, 0) is 162 Å². The zero-order valence-corrected chi connectivity index (χ0v) is 77.1. The largest absolute Gasteiger partial charge is 0.394 e. The summed E-state index contributed by atoms with van der Waals surface area (Å²) in [5.74, 6) is -15.6. The van der Waals surface area contributed by atoms with Crippen molar-refractivity contribution in [3.05, 3.63) is 36.4 Å². The van der Waals surface area contributed by atoms with Gasteiger partial charge < -0.3 is 145 Å². The Morgan fingerprint density at radius 2 is 0.718 bits per heavy atom. The molecule has 15 atom stereocenters. The predicted octanol–water partition coefficient (Wildman–Crippen LogP) is -4.83. The van der Waals surface area contributed by atoms with Crippen LogP contribution in [0.4, 0.5) is 0 Å². The maximum atomic E-state index is 14.8. The Labute approximate surface area is 766 Å². The number of imidazole rings is 2. The maximum absolute atomic E-state index is 14.8. The van der Waals surface area contributed by atoms with Crippen molar-refractivity contribution >= 4 is 100 Å². The quantitative estimate of drug-likeness (QED) is 0.0168. The van der Waals surface area contributed by atoms with E-state index in [2.05, 4.69) is 107 Å². The van der Waals surface area contributed by atoms with Gasteiger partial charge >= 0.3 is 0 Å². The fraction of sp³-hybridized carbons (Fsp3) is 0.729. The van der Waals surface area contributed by atoms with E-state index in [0.29, 0.717) is 37.8 Å². The Bertz CT molecular complexity index is 3790. The Hall–Kier alpha value is -11.1. The monoisotopic (exact) mass is 1860 g/mol. The van der Waals surface area contributed by atoms with Gasteiger partial charge in [-0.15, -0.1) is 0 Å². The second kappa shape index (κ2) is 67.2. The number of rotatable bonds is 74. The van der Waals surface area contributed by atoms with Gasteiger partial charge in [-0.25, -0.2) is 9.97 Å². The number of nitrogens with two attached hydrogens (primary N) is 7. The molecule has 2 heterocycles. The average Bonchev–Trinajstić information content (AvgIpc) is 1.25. The Balaban J connectivity index is 2.44. The van der Waals surface area contributed by atoms with Crippen LogP contribution in [0.2, 0.25) is 0 Å². The highest BCUT2D eigenvalue weighted by atomic mass is 16.3. The lowest BCUT2D eigenvalue weighted by Gasteiger charge is -2.29. The molecule has 46 nitrogen and oxygen atoms in total. The molecule has 2 aromatic heterocycles. The van der Waals surface area contributed by atoms with Gasteiger partial charge in [0.25, 0.3) is 0 Å². The van der Waals surface area contributed by atoms with Crippen LogP contribution in [0.25, 0.3) is 0 Å². The molecule has 742 valence electrons. The second-order valence-corrected chi connectivity index (χ2v) is 33.5. The second-order valence-electron chi connectivity index (χ2n) is 33.5. The molecular weight excluding hydrogens is 1700 g/mol. The van der Waals surface area contributed by atoms with Gasteiger partial charge in [-0.2, -0.15) is 0 Å². The third-order valence-electron chi connectivity index (χ3n) is 21.5. The normalized spacial score (nSPS) is 14.7. The van der Waals surface area contributed by atoms with Crippen LogP contribution in [0.3, 0.4) is 0 Å². The van der Waals surface area contributed by atoms with E-state index in [4.69, 9.17) is 45.5 Å². The van der Waals surface area contributed by atoms with Crippen molar-refractivity contribution in [1.29, 1.82) is 5.41 Å². The zero-order chi connectivity index (χ0) is 97.8. The number of H-pyrrole nitrogens is 2. The summed E-state index contributed by atoms with van der Waals surface area (Å²) in [6.45, 7) is 8.24. The SMILES string of the molecule is CCCCCCCCCCCCCCCC(=O)N[C@@H](Cc1cnc[nH]1)C(=O)N[C@@H](CO)C(=O)N[C@@H](CCCCN)C(=O)NCC(=O)N[C@@H](Cc1cnc[nH]1)C(=O)N[C@@H](CCC(N)=O)C(=O)N[C@@H](CCCCN)C(=O)N[C@@H](CCCNC(=N)N)C(=O)N[C@@H](CCCCN)C(=O)N[C@@H](C)C(=O)N[C@@H](CC(C)C)C(=O)N[C@@H](CCCCN)C(=O)N[C@H](C(=O)N[C@H](C(N)=O)[C@@H](C)O)[C@@H](C)O. The molecule has 0 aliphatic rings. The summed E-state index contributed by atoms with van der Waals surface area (Å²) in [6, 6.07) is -19.6. The first-order chi connectivity index (χ1) is 62.4. The summed E-state index contributed by atoms with van der Waals surface area (Å²) >= 11 is 0. The average molecular weight is 1860 g/mol. The van der Waals surface area contributed by atoms with Gasteiger partial charge in [0.05, 0.1) is 38.0 Å². The highest BCUT2D eigenvalue weighted by molar-refractivity contribution is 6.00. The minimum atomic E-state index is -1.72. The third kappa shape index (κ3) is 49.7. The lowest BCUT2D eigenvalue weighted by molar-refractivity contribution is -0.137. The van der Waals surface area contributed by atoms with Crippen LogP contribution in [-0.4, -0.2) is 272 Å². The van der Waals surface area contributed by atoms with Gasteiger partial charge in [0, 0.05) is 56.0 Å². The number of nitrogens with one attached hydrogen (secondary N) is 18. The van der Waals surface area contributed by atoms with Gasteiger partial charge in [-0.1, -0.05) is 97.8 Å². The predicted molar refractivity (Wildman–Crippen MR) is 487 cm³/mol. The number of aromatic amines is 2. The number of hydrogen-bond acceptors (Lipinski definition) is 26. The Morgan fingerprint density at radius 3 is 1.10 bits per heavy atom. The van der Waals surface area contributed by atoms with Crippen molar-refractivity contribution in [1.82, 2.24) is 99.7 Å². The van der Waals surface area contributed by atoms with Gasteiger partial charge in [0.15, 0.2) is 5.96 Å². The molecule has 2 aromatic rings. The molecule has 0 unspecified atom stereocenters. The molecule has 0 radical (unpaired) electrons. The molecule has 16 amide bonds. The number of aliphatic hydroxyl groups excluding tert-OH is 3. The summed E-state index contributed by atoms with van der Waals surface area (Å²) in [4.78, 5) is 236. The van der Waals surface area contributed by atoms with E-state index in [1.165, 1.54) is 97.2 Å². The van der Waals surface area contributed by atoms with Crippen molar-refractivity contribution in [3.8, 4) is 0 Å². The number of carbonyl (C=O) groups is 16. The molecule has 0 saturated heterocycles. The van der Waals surface area contributed by atoms with Crippen LogP contribution >= 0.6 is 0 Å². The molecule has 0 fully saturated rings. The molecule has 0 aromatic carbocycles. The number of guanidine groups is 1.